The SMILES string of the molecule is CCC(C)C(NC(=O)CN(CCO)CCO)C(=O)OC. The van der Waals surface area contributed by atoms with E-state index >= 15 is 0 Å². The summed E-state index contributed by atoms with van der Waals surface area (Å²) in [6.07, 6.45) is 0.733. The second-order valence-corrected chi connectivity index (χ2v) is 4.68. The summed E-state index contributed by atoms with van der Waals surface area (Å²) >= 11 is 0. The molecule has 7 heteroatoms. The van der Waals surface area contributed by atoms with E-state index in [1.54, 1.807) is 4.90 Å². The third-order valence-electron chi connectivity index (χ3n) is 3.18. The second kappa shape index (κ2) is 10.6. The molecule has 0 heterocycles. The molecule has 0 radical (unpaired) electrons. The summed E-state index contributed by atoms with van der Waals surface area (Å²) in [6, 6.07) is -0.678. The molecule has 0 bridgehead atoms. The average molecular weight is 290 g/mol. The predicted molar refractivity (Wildman–Crippen MR) is 74.0 cm³/mol. The smallest absolute Gasteiger partial charge is 0.328 e. The van der Waals surface area contributed by atoms with Gasteiger partial charge in [0.05, 0.1) is 26.9 Å². The fourth-order valence-electron chi connectivity index (χ4n) is 1.77. The third-order valence-corrected chi connectivity index (χ3v) is 3.18. The fourth-order valence-corrected chi connectivity index (χ4v) is 1.77. The van der Waals surface area contributed by atoms with Crippen LogP contribution in [0.1, 0.15) is 20.3 Å². The van der Waals surface area contributed by atoms with Gasteiger partial charge in [-0.05, 0) is 5.92 Å². The van der Waals surface area contributed by atoms with Gasteiger partial charge in [0.1, 0.15) is 6.04 Å². The van der Waals surface area contributed by atoms with Crippen molar-refractivity contribution in [3.05, 3.63) is 0 Å². The molecular weight excluding hydrogens is 264 g/mol. The van der Waals surface area contributed by atoms with E-state index in [2.05, 4.69) is 10.1 Å². The van der Waals surface area contributed by atoms with Crippen LogP contribution in [0.3, 0.4) is 0 Å². The number of carbonyl (C=O) groups is 2. The number of aliphatic hydroxyl groups is 2. The summed E-state index contributed by atoms with van der Waals surface area (Å²) in [5, 5.41) is 20.4. The molecule has 0 saturated carbocycles. The molecule has 2 unspecified atom stereocenters. The number of nitrogens with one attached hydrogen (secondary N) is 1. The summed E-state index contributed by atoms with van der Waals surface area (Å²) in [6.45, 7) is 4.20. The Morgan fingerprint density at radius 2 is 1.80 bits per heavy atom. The van der Waals surface area contributed by atoms with E-state index in [4.69, 9.17) is 10.2 Å². The van der Waals surface area contributed by atoms with Gasteiger partial charge in [-0.15, -0.1) is 0 Å². The van der Waals surface area contributed by atoms with Crippen LogP contribution < -0.4 is 5.32 Å². The number of esters is 1. The average Bonchev–Trinajstić information content (AvgIpc) is 2.43. The summed E-state index contributed by atoms with van der Waals surface area (Å²) in [5.41, 5.74) is 0. The van der Waals surface area contributed by atoms with Crippen molar-refractivity contribution in [2.75, 3.05) is 40.0 Å². The molecule has 0 aliphatic carbocycles. The summed E-state index contributed by atoms with van der Waals surface area (Å²) in [7, 11) is 1.29. The van der Waals surface area contributed by atoms with Crippen LogP contribution in [0.25, 0.3) is 0 Å². The molecule has 20 heavy (non-hydrogen) atoms. The van der Waals surface area contributed by atoms with Gasteiger partial charge in [0, 0.05) is 13.1 Å². The van der Waals surface area contributed by atoms with E-state index in [9.17, 15) is 9.59 Å². The molecule has 3 N–H and O–H groups in total. The zero-order valence-corrected chi connectivity index (χ0v) is 12.5. The van der Waals surface area contributed by atoms with Gasteiger partial charge in [-0.1, -0.05) is 20.3 Å². The molecule has 118 valence electrons. The molecule has 0 spiro atoms. The number of ether oxygens (including phenoxy) is 1. The molecule has 0 saturated heterocycles. The van der Waals surface area contributed by atoms with Crippen molar-refractivity contribution in [1.82, 2.24) is 10.2 Å². The van der Waals surface area contributed by atoms with Crippen LogP contribution in [0.5, 0.6) is 0 Å². The van der Waals surface area contributed by atoms with E-state index in [1.807, 2.05) is 13.8 Å². The van der Waals surface area contributed by atoms with Gasteiger partial charge in [-0.2, -0.15) is 0 Å². The molecule has 0 aromatic heterocycles. The first-order valence-corrected chi connectivity index (χ1v) is 6.81. The number of rotatable bonds is 10. The number of carbonyl (C=O) groups excluding carboxylic acids is 2. The molecule has 0 fully saturated rings. The zero-order chi connectivity index (χ0) is 15.5. The molecule has 0 aromatic rings. The zero-order valence-electron chi connectivity index (χ0n) is 12.5. The highest BCUT2D eigenvalue weighted by Crippen LogP contribution is 2.09. The number of methoxy groups -OCH3 is 1. The van der Waals surface area contributed by atoms with Crippen LogP contribution in [-0.4, -0.2) is 73.0 Å². The summed E-state index contributed by atoms with van der Waals surface area (Å²) in [4.78, 5) is 25.2. The number of hydrogen-bond acceptors (Lipinski definition) is 6. The van der Waals surface area contributed by atoms with E-state index < -0.39 is 12.0 Å². The van der Waals surface area contributed by atoms with E-state index in [-0.39, 0.29) is 31.6 Å². The predicted octanol–water partition coefficient (Wildman–Crippen LogP) is -1.02. The van der Waals surface area contributed by atoms with Crippen LogP contribution in [0.4, 0.5) is 0 Å². The Labute approximate surface area is 119 Å². The van der Waals surface area contributed by atoms with Crippen LogP contribution in [0.15, 0.2) is 0 Å². The molecule has 2 atom stereocenters. The van der Waals surface area contributed by atoms with Crippen molar-refractivity contribution >= 4 is 11.9 Å². The third kappa shape index (κ3) is 6.83. The minimum absolute atomic E-state index is 0.0189. The van der Waals surface area contributed by atoms with Crippen molar-refractivity contribution in [3.63, 3.8) is 0 Å². The van der Waals surface area contributed by atoms with Crippen molar-refractivity contribution in [2.45, 2.75) is 26.3 Å². The maximum Gasteiger partial charge on any atom is 0.328 e. The topological polar surface area (TPSA) is 99.1 Å². The maximum atomic E-state index is 11.9. The maximum absolute atomic E-state index is 11.9. The van der Waals surface area contributed by atoms with Crippen molar-refractivity contribution in [3.8, 4) is 0 Å². The Kier molecular flexibility index (Phi) is 9.96. The molecule has 1 amide bonds. The number of nitrogens with zero attached hydrogens (tertiary/aromatic N) is 1. The van der Waals surface area contributed by atoms with E-state index in [0.29, 0.717) is 13.1 Å². The lowest BCUT2D eigenvalue weighted by Gasteiger charge is -2.24. The Bertz CT molecular complexity index is 292. The lowest BCUT2D eigenvalue weighted by Crippen LogP contribution is -2.49. The normalized spacial score (nSPS) is 13.9. The highest BCUT2D eigenvalue weighted by Gasteiger charge is 2.27. The van der Waals surface area contributed by atoms with Crippen LogP contribution in [0, 0.1) is 5.92 Å². The second-order valence-electron chi connectivity index (χ2n) is 4.68. The van der Waals surface area contributed by atoms with Crippen molar-refractivity contribution < 1.29 is 24.5 Å². The first-order valence-electron chi connectivity index (χ1n) is 6.81. The Hall–Kier alpha value is -1.18. The first kappa shape index (κ1) is 18.8. The number of amides is 1. The van der Waals surface area contributed by atoms with Gasteiger partial charge < -0.3 is 20.3 Å². The number of aliphatic hydroxyl groups excluding tert-OH is 2. The van der Waals surface area contributed by atoms with Crippen molar-refractivity contribution in [2.24, 2.45) is 5.92 Å². The lowest BCUT2D eigenvalue weighted by atomic mass is 9.99. The van der Waals surface area contributed by atoms with Gasteiger partial charge >= 0.3 is 5.97 Å². The quantitative estimate of drug-likeness (QED) is 0.445. The molecule has 0 aromatic carbocycles. The molecule has 0 aliphatic heterocycles. The Morgan fingerprint density at radius 1 is 1.25 bits per heavy atom. The molecular formula is C13H26N2O5. The largest absolute Gasteiger partial charge is 0.467 e. The van der Waals surface area contributed by atoms with Gasteiger partial charge in [-0.25, -0.2) is 4.79 Å². The van der Waals surface area contributed by atoms with Gasteiger partial charge in [0.2, 0.25) is 5.91 Å². The highest BCUT2D eigenvalue weighted by atomic mass is 16.5. The molecule has 7 nitrogen and oxygen atoms in total. The Balaban J connectivity index is 4.54. The van der Waals surface area contributed by atoms with Crippen molar-refractivity contribution in [1.29, 1.82) is 0 Å². The molecule has 0 aliphatic rings. The minimum Gasteiger partial charge on any atom is -0.467 e. The van der Waals surface area contributed by atoms with E-state index in [0.717, 1.165) is 6.42 Å². The highest BCUT2D eigenvalue weighted by molar-refractivity contribution is 5.85. The minimum atomic E-state index is -0.678. The Morgan fingerprint density at radius 3 is 2.20 bits per heavy atom. The molecule has 0 rings (SSSR count). The standard InChI is InChI=1S/C13H26N2O5/c1-4-10(2)12(13(19)20-3)14-11(18)9-15(5-7-16)6-8-17/h10,12,16-17H,4-9H2,1-3H3,(H,14,18). The lowest BCUT2D eigenvalue weighted by molar-refractivity contribution is -0.146. The summed E-state index contributed by atoms with van der Waals surface area (Å²) < 4.78 is 4.69. The van der Waals surface area contributed by atoms with Gasteiger partial charge in [-0.3, -0.25) is 9.69 Å². The monoisotopic (exact) mass is 290 g/mol. The fraction of sp³-hybridized carbons (Fsp3) is 0.846. The van der Waals surface area contributed by atoms with Crippen LogP contribution in [0.2, 0.25) is 0 Å². The first-order chi connectivity index (χ1) is 9.49. The van der Waals surface area contributed by atoms with E-state index in [1.165, 1.54) is 7.11 Å². The van der Waals surface area contributed by atoms with Crippen LogP contribution >= 0.6 is 0 Å². The van der Waals surface area contributed by atoms with Gasteiger partial charge in [0.15, 0.2) is 0 Å². The van der Waals surface area contributed by atoms with Crippen LogP contribution in [-0.2, 0) is 14.3 Å². The summed E-state index contributed by atoms with van der Waals surface area (Å²) in [5.74, 6) is -0.832. The number of hydrogen-bond donors (Lipinski definition) is 3. The van der Waals surface area contributed by atoms with Gasteiger partial charge in [0.25, 0.3) is 0 Å².